The van der Waals surface area contributed by atoms with Gasteiger partial charge < -0.3 is 19.9 Å². The lowest BCUT2D eigenvalue weighted by atomic mass is 9.91. The van der Waals surface area contributed by atoms with Crippen molar-refractivity contribution in [1.82, 2.24) is 14.5 Å². The maximum atomic E-state index is 12.3. The third-order valence-electron chi connectivity index (χ3n) is 5.35. The summed E-state index contributed by atoms with van der Waals surface area (Å²) < 4.78 is 1.95. The molecule has 8 heteroatoms. The third kappa shape index (κ3) is 3.63. The molecule has 1 amide bonds. The maximum Gasteiger partial charge on any atom is 0.337 e. The molecular weight excluding hydrogens is 382 g/mol. The number of hydrogen-bond donors (Lipinski definition) is 2. The van der Waals surface area contributed by atoms with E-state index in [0.717, 1.165) is 22.6 Å². The Hall–Kier alpha value is -3.68. The van der Waals surface area contributed by atoms with Gasteiger partial charge >= 0.3 is 5.97 Å². The molecule has 2 N–H and O–H groups in total. The van der Waals surface area contributed by atoms with Crippen LogP contribution in [-0.2, 0) is 4.79 Å². The highest BCUT2D eigenvalue weighted by atomic mass is 16.4. The zero-order valence-corrected chi connectivity index (χ0v) is 17.0. The third-order valence-corrected chi connectivity index (χ3v) is 5.35. The minimum Gasteiger partial charge on any atom is -0.478 e. The van der Waals surface area contributed by atoms with E-state index in [1.807, 2.05) is 41.6 Å². The summed E-state index contributed by atoms with van der Waals surface area (Å²) in [7, 11) is 0. The van der Waals surface area contributed by atoms with Crippen molar-refractivity contribution in [3.8, 4) is 5.69 Å². The van der Waals surface area contributed by atoms with Crippen molar-refractivity contribution in [3.63, 3.8) is 0 Å². The van der Waals surface area contributed by atoms with Crippen LogP contribution in [-0.4, -0.2) is 37.6 Å². The molecule has 0 unspecified atom stereocenters. The molecule has 0 saturated heterocycles. The molecule has 30 heavy (non-hydrogen) atoms. The second-order valence-electron chi connectivity index (χ2n) is 7.57. The summed E-state index contributed by atoms with van der Waals surface area (Å²) in [6.45, 7) is 5.53. The van der Waals surface area contributed by atoms with E-state index in [1.165, 1.54) is 12.3 Å². The molecule has 3 aromatic rings. The van der Waals surface area contributed by atoms with E-state index < -0.39 is 5.97 Å². The van der Waals surface area contributed by atoms with Crippen LogP contribution in [0, 0.1) is 6.92 Å². The van der Waals surface area contributed by atoms with Gasteiger partial charge in [0.15, 0.2) is 0 Å². The number of rotatable bonds is 4. The standard InChI is InChI=1S/C22H23N5O3/c1-13-11-26(12-24-13)17-5-6-20-18(9-17)19(8-14(2)27(20)15(3)28)25-21-7-4-16(10-23-21)22(29)30/h4-7,9-12,14,19H,8H2,1-3H3,(H,23,25)(H,29,30)/t14-,19+/m1/s1. The van der Waals surface area contributed by atoms with E-state index in [4.69, 9.17) is 5.11 Å². The minimum atomic E-state index is -1.01. The number of fused-ring (bicyclic) bond motifs is 1. The van der Waals surface area contributed by atoms with Gasteiger partial charge in [-0.15, -0.1) is 0 Å². The van der Waals surface area contributed by atoms with Gasteiger partial charge in [0.05, 0.1) is 23.6 Å². The molecule has 154 valence electrons. The fraction of sp³-hybridized carbons (Fsp3) is 0.273. The number of aromatic nitrogens is 3. The summed E-state index contributed by atoms with van der Waals surface area (Å²) in [4.78, 5) is 33.7. The number of hydrogen-bond acceptors (Lipinski definition) is 5. The number of pyridine rings is 1. The Morgan fingerprint density at radius 2 is 2.00 bits per heavy atom. The predicted octanol–water partition coefficient (Wildman–Crippen LogP) is 3.57. The van der Waals surface area contributed by atoms with Crippen LogP contribution >= 0.6 is 0 Å². The fourth-order valence-electron chi connectivity index (χ4n) is 3.98. The summed E-state index contributed by atoms with van der Waals surface area (Å²) >= 11 is 0. The van der Waals surface area contributed by atoms with Gasteiger partial charge in [0.25, 0.3) is 0 Å². The van der Waals surface area contributed by atoms with Crippen LogP contribution in [0.15, 0.2) is 49.1 Å². The van der Waals surface area contributed by atoms with Crippen molar-refractivity contribution in [1.29, 1.82) is 0 Å². The maximum absolute atomic E-state index is 12.3. The van der Waals surface area contributed by atoms with Crippen molar-refractivity contribution in [2.45, 2.75) is 39.3 Å². The number of imidazole rings is 1. The Bertz CT molecular complexity index is 1110. The average molecular weight is 405 g/mol. The first-order valence-electron chi connectivity index (χ1n) is 9.74. The van der Waals surface area contributed by atoms with Gasteiger partial charge in [-0.25, -0.2) is 14.8 Å². The Kier molecular flexibility index (Phi) is 4.99. The lowest BCUT2D eigenvalue weighted by Gasteiger charge is -2.39. The molecule has 1 aliphatic heterocycles. The summed E-state index contributed by atoms with van der Waals surface area (Å²) in [5.41, 5.74) is 3.86. The number of carbonyl (C=O) groups excluding carboxylic acids is 1. The fourth-order valence-corrected chi connectivity index (χ4v) is 3.98. The largest absolute Gasteiger partial charge is 0.478 e. The number of anilines is 2. The molecule has 1 aromatic carbocycles. The second kappa shape index (κ2) is 7.62. The lowest BCUT2D eigenvalue weighted by molar-refractivity contribution is -0.117. The Labute approximate surface area is 174 Å². The van der Waals surface area contributed by atoms with Crippen molar-refractivity contribution >= 4 is 23.4 Å². The van der Waals surface area contributed by atoms with Crippen LogP contribution in [0.1, 0.15) is 47.9 Å². The number of aromatic carboxylic acids is 1. The SMILES string of the molecule is CC(=O)N1c2ccc(-n3cnc(C)c3)cc2[C@@H](Nc2ccc(C(=O)O)cn2)C[C@H]1C. The van der Waals surface area contributed by atoms with Crippen LogP contribution in [0.25, 0.3) is 5.69 Å². The Morgan fingerprint density at radius 3 is 2.60 bits per heavy atom. The van der Waals surface area contributed by atoms with Gasteiger partial charge in [-0.2, -0.15) is 0 Å². The molecule has 4 rings (SSSR count). The van der Waals surface area contributed by atoms with E-state index in [1.54, 1.807) is 19.3 Å². The minimum absolute atomic E-state index is 0.00244. The van der Waals surface area contributed by atoms with E-state index in [-0.39, 0.29) is 23.6 Å². The highest BCUT2D eigenvalue weighted by Gasteiger charge is 2.33. The number of carboxylic acids is 1. The molecule has 1 aliphatic rings. The number of nitrogens with zero attached hydrogens (tertiary/aromatic N) is 4. The van der Waals surface area contributed by atoms with Crippen molar-refractivity contribution < 1.29 is 14.7 Å². The van der Waals surface area contributed by atoms with Gasteiger partial charge in [0.2, 0.25) is 5.91 Å². The normalized spacial score (nSPS) is 18.0. The van der Waals surface area contributed by atoms with Gasteiger partial charge in [-0.05, 0) is 50.6 Å². The molecular formula is C22H23N5O3. The summed E-state index contributed by atoms with van der Waals surface area (Å²) in [6.07, 6.45) is 5.75. The average Bonchev–Trinajstić information content (AvgIpc) is 3.14. The first kappa shape index (κ1) is 19.6. The molecule has 0 aliphatic carbocycles. The molecule has 0 saturated carbocycles. The highest BCUT2D eigenvalue weighted by Crippen LogP contribution is 2.40. The zero-order chi connectivity index (χ0) is 21.4. The second-order valence-corrected chi connectivity index (χ2v) is 7.57. The number of carboxylic acid groups (broad SMARTS) is 1. The molecule has 0 bridgehead atoms. The monoisotopic (exact) mass is 405 g/mol. The molecule has 0 radical (unpaired) electrons. The zero-order valence-electron chi connectivity index (χ0n) is 17.0. The van der Waals surface area contributed by atoms with E-state index in [0.29, 0.717) is 12.2 Å². The summed E-state index contributed by atoms with van der Waals surface area (Å²) in [6, 6.07) is 9.11. The molecule has 0 spiro atoms. The van der Waals surface area contributed by atoms with E-state index in [2.05, 4.69) is 21.4 Å². The molecule has 2 atom stereocenters. The topological polar surface area (TPSA) is 100 Å². The number of carbonyl (C=O) groups is 2. The van der Waals surface area contributed by atoms with Crippen molar-refractivity contribution in [3.05, 3.63) is 65.9 Å². The number of nitrogens with one attached hydrogen (secondary N) is 1. The smallest absolute Gasteiger partial charge is 0.337 e. The van der Waals surface area contributed by atoms with Crippen LogP contribution in [0.4, 0.5) is 11.5 Å². The van der Waals surface area contributed by atoms with Crippen molar-refractivity contribution in [2.75, 3.05) is 10.2 Å². The number of aryl methyl sites for hydroxylation is 1. The Balaban J connectivity index is 1.73. The number of benzene rings is 1. The van der Waals surface area contributed by atoms with Gasteiger partial charge in [-0.3, -0.25) is 4.79 Å². The van der Waals surface area contributed by atoms with E-state index >= 15 is 0 Å². The van der Waals surface area contributed by atoms with Crippen LogP contribution in [0.2, 0.25) is 0 Å². The van der Waals surface area contributed by atoms with Crippen LogP contribution < -0.4 is 10.2 Å². The Morgan fingerprint density at radius 1 is 1.20 bits per heavy atom. The van der Waals surface area contributed by atoms with Gasteiger partial charge in [0.1, 0.15) is 5.82 Å². The quantitative estimate of drug-likeness (QED) is 0.688. The molecule has 3 heterocycles. The van der Waals surface area contributed by atoms with Gasteiger partial charge in [0, 0.05) is 42.3 Å². The van der Waals surface area contributed by atoms with Crippen LogP contribution in [0.3, 0.4) is 0 Å². The molecule has 2 aromatic heterocycles. The van der Waals surface area contributed by atoms with E-state index in [9.17, 15) is 9.59 Å². The summed E-state index contributed by atoms with van der Waals surface area (Å²) in [5, 5.41) is 12.5. The first-order chi connectivity index (χ1) is 14.3. The number of amides is 1. The van der Waals surface area contributed by atoms with Crippen LogP contribution in [0.5, 0.6) is 0 Å². The van der Waals surface area contributed by atoms with Crippen molar-refractivity contribution in [2.24, 2.45) is 0 Å². The first-order valence-corrected chi connectivity index (χ1v) is 9.74. The predicted molar refractivity (Wildman–Crippen MR) is 113 cm³/mol. The lowest BCUT2D eigenvalue weighted by Crippen LogP contribution is -2.43. The summed E-state index contributed by atoms with van der Waals surface area (Å²) in [5.74, 6) is -0.427. The van der Waals surface area contributed by atoms with Gasteiger partial charge in [-0.1, -0.05) is 0 Å². The highest BCUT2D eigenvalue weighted by molar-refractivity contribution is 5.94. The molecule has 8 nitrogen and oxygen atoms in total. The molecule has 0 fully saturated rings.